The van der Waals surface area contributed by atoms with Gasteiger partial charge in [-0.05, 0) is 42.4 Å². The Labute approximate surface area is 88.1 Å². The minimum absolute atomic E-state index is 0.0975. The fourth-order valence-electron chi connectivity index (χ4n) is 1.66. The average Bonchev–Trinajstić information content (AvgIpc) is 2.93. The number of hydrogen-bond donors (Lipinski definition) is 2. The second-order valence-corrected chi connectivity index (χ2v) is 4.53. The van der Waals surface area contributed by atoms with Crippen LogP contribution < -0.4 is 0 Å². The molecule has 1 aromatic carbocycles. The minimum Gasteiger partial charge on any atom is -0.506 e. The SMILES string of the molecule is OCC1(Cc2ccc(O)c(Cl)c2)CC1. The zero-order chi connectivity index (χ0) is 10.2. The number of phenols is 1. The Balaban J connectivity index is 2.14. The van der Waals surface area contributed by atoms with Crippen LogP contribution in [-0.4, -0.2) is 16.8 Å². The molecule has 0 spiro atoms. The van der Waals surface area contributed by atoms with Crippen molar-refractivity contribution in [3.8, 4) is 5.75 Å². The quantitative estimate of drug-likeness (QED) is 0.808. The van der Waals surface area contributed by atoms with Gasteiger partial charge >= 0.3 is 0 Å². The van der Waals surface area contributed by atoms with Crippen molar-refractivity contribution < 1.29 is 10.2 Å². The van der Waals surface area contributed by atoms with Crippen LogP contribution >= 0.6 is 11.6 Å². The van der Waals surface area contributed by atoms with E-state index in [4.69, 9.17) is 16.7 Å². The van der Waals surface area contributed by atoms with Gasteiger partial charge in [-0.3, -0.25) is 0 Å². The molecule has 0 aromatic heterocycles. The number of halogens is 1. The zero-order valence-electron chi connectivity index (χ0n) is 7.83. The number of rotatable bonds is 3. The molecule has 0 atom stereocenters. The van der Waals surface area contributed by atoms with E-state index in [0.29, 0.717) is 5.02 Å². The van der Waals surface area contributed by atoms with E-state index in [2.05, 4.69) is 0 Å². The van der Waals surface area contributed by atoms with Crippen LogP contribution in [-0.2, 0) is 6.42 Å². The molecule has 0 radical (unpaired) electrons. The number of benzene rings is 1. The van der Waals surface area contributed by atoms with Crippen molar-refractivity contribution >= 4 is 11.6 Å². The summed E-state index contributed by atoms with van der Waals surface area (Å²) in [7, 11) is 0. The molecule has 0 bridgehead atoms. The molecule has 3 heteroatoms. The topological polar surface area (TPSA) is 40.5 Å². The molecule has 2 N–H and O–H groups in total. The summed E-state index contributed by atoms with van der Waals surface area (Å²) < 4.78 is 0. The molecule has 1 aliphatic rings. The summed E-state index contributed by atoms with van der Waals surface area (Å²) in [6.45, 7) is 0.242. The highest BCUT2D eigenvalue weighted by Gasteiger charge is 2.41. The van der Waals surface area contributed by atoms with Gasteiger partial charge in [-0.25, -0.2) is 0 Å². The Hall–Kier alpha value is -0.730. The van der Waals surface area contributed by atoms with Crippen LogP contribution in [0.2, 0.25) is 5.02 Å². The van der Waals surface area contributed by atoms with Gasteiger partial charge in [0.2, 0.25) is 0 Å². The Morgan fingerprint density at radius 2 is 2.07 bits per heavy atom. The predicted octanol–water partition coefficient (Wildman–Crippen LogP) is 2.36. The van der Waals surface area contributed by atoms with Crippen molar-refractivity contribution in [1.82, 2.24) is 0 Å². The molecule has 1 aromatic rings. The summed E-state index contributed by atoms with van der Waals surface area (Å²) >= 11 is 5.79. The molecular formula is C11H13ClO2. The molecule has 76 valence electrons. The monoisotopic (exact) mass is 212 g/mol. The van der Waals surface area contributed by atoms with Crippen molar-refractivity contribution in [2.75, 3.05) is 6.61 Å². The third-order valence-electron chi connectivity index (χ3n) is 2.88. The van der Waals surface area contributed by atoms with Crippen LogP contribution in [0.4, 0.5) is 0 Å². The van der Waals surface area contributed by atoms with Gasteiger partial charge in [0, 0.05) is 6.61 Å². The first-order valence-corrected chi connectivity index (χ1v) is 5.11. The maximum absolute atomic E-state index is 9.23. The largest absolute Gasteiger partial charge is 0.506 e. The molecule has 2 nitrogen and oxygen atoms in total. The van der Waals surface area contributed by atoms with E-state index in [1.54, 1.807) is 12.1 Å². The van der Waals surface area contributed by atoms with E-state index in [0.717, 1.165) is 24.8 Å². The first-order valence-electron chi connectivity index (χ1n) is 4.73. The van der Waals surface area contributed by atoms with Gasteiger partial charge in [0.25, 0.3) is 0 Å². The molecule has 0 unspecified atom stereocenters. The summed E-state index contributed by atoms with van der Waals surface area (Å²) in [5.41, 5.74) is 1.18. The molecule has 0 saturated heterocycles. The molecule has 0 amide bonds. The summed E-state index contributed by atoms with van der Waals surface area (Å²) in [5, 5.41) is 18.8. The van der Waals surface area contributed by atoms with Crippen LogP contribution in [0, 0.1) is 5.41 Å². The molecule has 2 rings (SSSR count). The van der Waals surface area contributed by atoms with E-state index in [9.17, 15) is 5.11 Å². The first-order chi connectivity index (χ1) is 6.65. The Morgan fingerprint density at radius 3 is 2.57 bits per heavy atom. The number of aromatic hydroxyl groups is 1. The highest BCUT2D eigenvalue weighted by molar-refractivity contribution is 6.32. The molecular weight excluding hydrogens is 200 g/mol. The lowest BCUT2D eigenvalue weighted by atomic mass is 9.97. The Bertz CT molecular complexity index is 345. The Morgan fingerprint density at radius 1 is 1.36 bits per heavy atom. The third-order valence-corrected chi connectivity index (χ3v) is 3.19. The first kappa shape index (κ1) is 9.81. The molecule has 14 heavy (non-hydrogen) atoms. The maximum atomic E-state index is 9.23. The fraction of sp³-hybridized carbons (Fsp3) is 0.455. The van der Waals surface area contributed by atoms with Gasteiger partial charge < -0.3 is 10.2 Å². The second kappa shape index (κ2) is 3.44. The molecule has 1 saturated carbocycles. The van der Waals surface area contributed by atoms with Gasteiger partial charge in [0.15, 0.2) is 0 Å². The smallest absolute Gasteiger partial charge is 0.134 e. The number of aliphatic hydroxyl groups excluding tert-OH is 1. The van der Waals surface area contributed by atoms with E-state index in [-0.39, 0.29) is 17.8 Å². The van der Waals surface area contributed by atoms with Crippen LogP contribution in [0.1, 0.15) is 18.4 Å². The molecule has 0 heterocycles. The van der Waals surface area contributed by atoms with Crippen molar-refractivity contribution in [2.24, 2.45) is 5.41 Å². The molecule has 1 aliphatic carbocycles. The second-order valence-electron chi connectivity index (χ2n) is 4.12. The number of hydrogen-bond acceptors (Lipinski definition) is 2. The average molecular weight is 213 g/mol. The van der Waals surface area contributed by atoms with Crippen LogP contribution in [0.15, 0.2) is 18.2 Å². The van der Waals surface area contributed by atoms with Crippen LogP contribution in [0.5, 0.6) is 5.75 Å². The number of phenolic OH excluding ortho intramolecular Hbond substituents is 1. The third kappa shape index (κ3) is 1.86. The zero-order valence-corrected chi connectivity index (χ0v) is 8.59. The van der Waals surface area contributed by atoms with Gasteiger partial charge in [0.05, 0.1) is 5.02 Å². The van der Waals surface area contributed by atoms with E-state index < -0.39 is 0 Å². The highest BCUT2D eigenvalue weighted by atomic mass is 35.5. The fourth-order valence-corrected chi connectivity index (χ4v) is 1.86. The lowest BCUT2D eigenvalue weighted by Gasteiger charge is -2.11. The summed E-state index contributed by atoms with van der Waals surface area (Å²) in [6, 6.07) is 5.23. The molecule has 0 aliphatic heterocycles. The Kier molecular flexibility index (Phi) is 2.41. The van der Waals surface area contributed by atoms with Crippen molar-refractivity contribution in [2.45, 2.75) is 19.3 Å². The van der Waals surface area contributed by atoms with Crippen molar-refractivity contribution in [3.05, 3.63) is 28.8 Å². The van der Waals surface area contributed by atoms with Crippen molar-refractivity contribution in [3.63, 3.8) is 0 Å². The highest BCUT2D eigenvalue weighted by Crippen LogP contribution is 2.48. The van der Waals surface area contributed by atoms with Crippen molar-refractivity contribution in [1.29, 1.82) is 0 Å². The lowest BCUT2D eigenvalue weighted by molar-refractivity contribution is 0.211. The van der Waals surface area contributed by atoms with Gasteiger partial charge in [0.1, 0.15) is 5.75 Å². The van der Waals surface area contributed by atoms with Gasteiger partial charge in [-0.1, -0.05) is 17.7 Å². The van der Waals surface area contributed by atoms with E-state index in [1.807, 2.05) is 6.07 Å². The lowest BCUT2D eigenvalue weighted by Crippen LogP contribution is -2.09. The van der Waals surface area contributed by atoms with Crippen LogP contribution in [0.25, 0.3) is 0 Å². The van der Waals surface area contributed by atoms with E-state index in [1.165, 1.54) is 0 Å². The summed E-state index contributed by atoms with van der Waals surface area (Å²) in [6.07, 6.45) is 3.02. The summed E-state index contributed by atoms with van der Waals surface area (Å²) in [5.74, 6) is 0.115. The standard InChI is InChI=1S/C11H13ClO2/c12-9-5-8(1-2-10(9)14)6-11(7-13)3-4-11/h1-2,5,13-14H,3-4,6-7H2. The van der Waals surface area contributed by atoms with E-state index >= 15 is 0 Å². The maximum Gasteiger partial charge on any atom is 0.134 e. The predicted molar refractivity (Wildman–Crippen MR) is 55.6 cm³/mol. The number of aliphatic hydroxyl groups is 1. The minimum atomic E-state index is 0.0975. The van der Waals surface area contributed by atoms with Gasteiger partial charge in [-0.15, -0.1) is 0 Å². The normalized spacial score (nSPS) is 18.1. The summed E-state index contributed by atoms with van der Waals surface area (Å²) in [4.78, 5) is 0. The van der Waals surface area contributed by atoms with Crippen LogP contribution in [0.3, 0.4) is 0 Å². The van der Waals surface area contributed by atoms with Gasteiger partial charge in [-0.2, -0.15) is 0 Å². The molecule has 1 fully saturated rings.